The number of hydrogen-bond acceptors (Lipinski definition) is 6. The van der Waals surface area contributed by atoms with E-state index < -0.39 is 4.92 Å². The highest BCUT2D eigenvalue weighted by Crippen LogP contribution is 2.23. The van der Waals surface area contributed by atoms with E-state index in [0.717, 1.165) is 22.4 Å². The number of carbonyl (C=O) groups is 1. The highest BCUT2D eigenvalue weighted by Gasteiger charge is 2.14. The van der Waals surface area contributed by atoms with Crippen LogP contribution in [-0.2, 0) is 17.9 Å². The average molecular weight is 450 g/mol. The Hall–Kier alpha value is -4.14. The first-order valence-corrected chi connectivity index (χ1v) is 10.4. The second kappa shape index (κ2) is 10.9. The molecule has 0 radical (unpaired) electrons. The quantitative estimate of drug-likeness (QED) is 0.286. The van der Waals surface area contributed by atoms with Gasteiger partial charge in [0.25, 0.3) is 0 Å². The lowest BCUT2D eigenvalue weighted by molar-refractivity contribution is -0.389. The Morgan fingerprint density at radius 3 is 2.61 bits per heavy atom. The van der Waals surface area contributed by atoms with Crippen LogP contribution >= 0.6 is 0 Å². The van der Waals surface area contributed by atoms with Crippen LogP contribution in [0, 0.1) is 24.0 Å². The molecule has 9 heteroatoms. The van der Waals surface area contributed by atoms with Gasteiger partial charge in [0.15, 0.2) is 0 Å². The van der Waals surface area contributed by atoms with Crippen molar-refractivity contribution in [2.45, 2.75) is 27.0 Å². The number of nitro groups is 1. The fraction of sp³-hybridized carbons (Fsp3) is 0.250. The molecule has 0 bridgehead atoms. The van der Waals surface area contributed by atoms with Gasteiger partial charge >= 0.3 is 5.82 Å². The predicted octanol–water partition coefficient (Wildman–Crippen LogP) is 3.83. The topological polar surface area (TPSA) is 109 Å². The third kappa shape index (κ3) is 6.67. The van der Waals surface area contributed by atoms with Crippen molar-refractivity contribution in [2.24, 2.45) is 0 Å². The summed E-state index contributed by atoms with van der Waals surface area (Å²) >= 11 is 0. The van der Waals surface area contributed by atoms with E-state index in [1.165, 1.54) is 16.8 Å². The molecule has 172 valence electrons. The molecule has 0 saturated carbocycles. The second-order valence-electron chi connectivity index (χ2n) is 7.42. The molecule has 0 atom stereocenters. The van der Waals surface area contributed by atoms with Crippen LogP contribution in [0.3, 0.4) is 0 Å². The zero-order valence-electron chi connectivity index (χ0n) is 18.8. The molecular formula is C24H26N4O5. The summed E-state index contributed by atoms with van der Waals surface area (Å²) in [7, 11) is 1.60. The summed E-state index contributed by atoms with van der Waals surface area (Å²) in [5.74, 6) is 0.982. The fourth-order valence-corrected chi connectivity index (χ4v) is 3.13. The first-order valence-electron chi connectivity index (χ1n) is 10.4. The van der Waals surface area contributed by atoms with Gasteiger partial charge in [-0.05, 0) is 54.7 Å². The van der Waals surface area contributed by atoms with Crippen molar-refractivity contribution in [2.75, 3.05) is 13.7 Å². The van der Waals surface area contributed by atoms with E-state index in [9.17, 15) is 14.9 Å². The standard InChI is InChI=1S/C24H26N4O5/c1-17-4-8-21(9-5-17)33-16-20-15-19(6-10-22(20)32-3)7-11-24(29)25-12-13-27-18(2)14-23(26-27)28(30)31/h4-11,14-15H,12-13,16H2,1-3H3,(H,25,29)/b11-7+. The maximum absolute atomic E-state index is 12.2. The normalized spacial score (nSPS) is 10.9. The number of nitrogens with one attached hydrogen (secondary N) is 1. The summed E-state index contributed by atoms with van der Waals surface area (Å²) in [5, 5.41) is 17.4. The molecule has 3 rings (SSSR count). The highest BCUT2D eigenvalue weighted by molar-refractivity contribution is 5.91. The van der Waals surface area contributed by atoms with E-state index in [4.69, 9.17) is 9.47 Å². The lowest BCUT2D eigenvalue weighted by atomic mass is 10.1. The summed E-state index contributed by atoms with van der Waals surface area (Å²) in [6.07, 6.45) is 3.14. The van der Waals surface area contributed by atoms with Gasteiger partial charge in [0, 0.05) is 18.2 Å². The molecule has 2 aromatic carbocycles. The summed E-state index contributed by atoms with van der Waals surface area (Å²) in [5.41, 5.74) is 3.50. The Morgan fingerprint density at radius 1 is 1.18 bits per heavy atom. The number of rotatable bonds is 10. The zero-order chi connectivity index (χ0) is 23.8. The van der Waals surface area contributed by atoms with Crippen molar-refractivity contribution in [1.29, 1.82) is 0 Å². The van der Waals surface area contributed by atoms with Gasteiger partial charge in [0.2, 0.25) is 5.91 Å². The van der Waals surface area contributed by atoms with E-state index in [1.54, 1.807) is 20.1 Å². The predicted molar refractivity (Wildman–Crippen MR) is 124 cm³/mol. The molecule has 9 nitrogen and oxygen atoms in total. The number of amides is 1. The van der Waals surface area contributed by atoms with Gasteiger partial charge in [-0.2, -0.15) is 4.68 Å². The van der Waals surface area contributed by atoms with Gasteiger partial charge in [-0.15, -0.1) is 0 Å². The first kappa shape index (κ1) is 23.5. The Bertz CT molecular complexity index is 1150. The molecule has 0 saturated heterocycles. The number of hydrogen-bond donors (Lipinski definition) is 1. The molecule has 3 aromatic rings. The number of nitrogens with zero attached hydrogens (tertiary/aromatic N) is 3. The van der Waals surface area contributed by atoms with Gasteiger partial charge < -0.3 is 24.9 Å². The lowest BCUT2D eigenvalue weighted by Gasteiger charge is -2.11. The van der Waals surface area contributed by atoms with Crippen molar-refractivity contribution < 1.29 is 19.2 Å². The molecule has 1 heterocycles. The number of ether oxygens (including phenoxy) is 2. The van der Waals surface area contributed by atoms with Crippen LogP contribution in [0.4, 0.5) is 5.82 Å². The zero-order valence-corrected chi connectivity index (χ0v) is 18.8. The van der Waals surface area contributed by atoms with Crippen molar-refractivity contribution >= 4 is 17.8 Å². The van der Waals surface area contributed by atoms with Crippen LogP contribution in [0.2, 0.25) is 0 Å². The van der Waals surface area contributed by atoms with Crippen molar-refractivity contribution in [1.82, 2.24) is 15.1 Å². The van der Waals surface area contributed by atoms with E-state index in [-0.39, 0.29) is 11.7 Å². The summed E-state index contributed by atoms with van der Waals surface area (Å²) in [4.78, 5) is 22.4. The van der Waals surface area contributed by atoms with Gasteiger partial charge in [0.1, 0.15) is 18.1 Å². The molecule has 33 heavy (non-hydrogen) atoms. The average Bonchev–Trinajstić information content (AvgIpc) is 3.18. The second-order valence-corrected chi connectivity index (χ2v) is 7.42. The van der Waals surface area contributed by atoms with E-state index >= 15 is 0 Å². The van der Waals surface area contributed by atoms with E-state index in [0.29, 0.717) is 31.1 Å². The van der Waals surface area contributed by atoms with Crippen molar-refractivity contribution in [3.8, 4) is 11.5 Å². The monoisotopic (exact) mass is 450 g/mol. The Morgan fingerprint density at radius 2 is 1.94 bits per heavy atom. The molecule has 1 aromatic heterocycles. The van der Waals surface area contributed by atoms with Crippen LogP contribution in [0.1, 0.15) is 22.4 Å². The summed E-state index contributed by atoms with van der Waals surface area (Å²) < 4.78 is 12.8. The fourth-order valence-electron chi connectivity index (χ4n) is 3.13. The van der Waals surface area contributed by atoms with Crippen LogP contribution < -0.4 is 14.8 Å². The van der Waals surface area contributed by atoms with Gasteiger partial charge in [-0.3, -0.25) is 4.79 Å². The van der Waals surface area contributed by atoms with E-state index in [2.05, 4.69) is 10.4 Å². The van der Waals surface area contributed by atoms with Crippen LogP contribution in [0.25, 0.3) is 6.08 Å². The number of aryl methyl sites for hydroxylation is 2. The number of aromatic nitrogens is 2. The molecule has 0 unspecified atom stereocenters. The Labute approximate surface area is 191 Å². The lowest BCUT2D eigenvalue weighted by Crippen LogP contribution is -2.26. The van der Waals surface area contributed by atoms with E-state index in [1.807, 2.05) is 49.4 Å². The van der Waals surface area contributed by atoms with Crippen molar-refractivity contribution in [3.63, 3.8) is 0 Å². The first-order chi connectivity index (χ1) is 15.9. The third-order valence-corrected chi connectivity index (χ3v) is 4.93. The molecule has 0 spiro atoms. The van der Waals surface area contributed by atoms with Crippen LogP contribution in [0.15, 0.2) is 54.6 Å². The smallest absolute Gasteiger partial charge is 0.390 e. The SMILES string of the molecule is COc1ccc(/C=C/C(=O)NCCn2nc([N+](=O)[O-])cc2C)cc1COc1ccc(C)cc1. The van der Waals surface area contributed by atoms with Gasteiger partial charge in [-0.25, -0.2) is 0 Å². The highest BCUT2D eigenvalue weighted by atomic mass is 16.6. The molecule has 0 aliphatic heterocycles. The summed E-state index contributed by atoms with van der Waals surface area (Å²) in [6, 6.07) is 14.8. The third-order valence-electron chi connectivity index (χ3n) is 4.93. The maximum Gasteiger partial charge on any atom is 0.390 e. The van der Waals surface area contributed by atoms with Crippen LogP contribution in [-0.4, -0.2) is 34.3 Å². The Kier molecular flexibility index (Phi) is 7.80. The molecule has 1 N–H and O–H groups in total. The van der Waals surface area contributed by atoms with Gasteiger partial charge in [-0.1, -0.05) is 23.8 Å². The minimum Gasteiger partial charge on any atom is -0.496 e. The van der Waals surface area contributed by atoms with Crippen LogP contribution in [0.5, 0.6) is 11.5 Å². The molecular weight excluding hydrogens is 424 g/mol. The number of benzene rings is 2. The number of methoxy groups -OCH3 is 1. The molecule has 1 amide bonds. The van der Waals surface area contributed by atoms with Crippen molar-refractivity contribution in [3.05, 3.63) is 87.1 Å². The Balaban J connectivity index is 1.56. The minimum atomic E-state index is -0.542. The minimum absolute atomic E-state index is 0.208. The molecule has 0 aliphatic rings. The number of carbonyl (C=O) groups excluding carboxylic acids is 1. The van der Waals surface area contributed by atoms with Gasteiger partial charge in [0.05, 0.1) is 30.5 Å². The summed E-state index contributed by atoms with van der Waals surface area (Å²) in [6.45, 7) is 4.70. The molecule has 0 fully saturated rings. The largest absolute Gasteiger partial charge is 0.496 e. The maximum atomic E-state index is 12.2. The molecule has 0 aliphatic carbocycles.